The van der Waals surface area contributed by atoms with Crippen LogP contribution in [0.4, 0.5) is 26.3 Å². The smallest absolute Gasteiger partial charge is 0.413 e. The number of hydrogen-bond donors (Lipinski definition) is 0. The van der Waals surface area contributed by atoms with Crippen molar-refractivity contribution >= 4 is 5.97 Å². The average Bonchev–Trinajstić information content (AvgIpc) is 2.13. The maximum atomic E-state index is 12.8. The third kappa shape index (κ3) is 3.33. The van der Waals surface area contributed by atoms with E-state index in [0.29, 0.717) is 6.92 Å². The second-order valence-electron chi connectivity index (χ2n) is 4.76. The molecule has 0 aliphatic heterocycles. The molecular formula is C11H16F6O2. The fraction of sp³-hybridized carbons (Fsp3) is 0.909. The normalized spacial score (nSPS) is 14.4. The van der Waals surface area contributed by atoms with Crippen LogP contribution >= 0.6 is 0 Å². The van der Waals surface area contributed by atoms with Gasteiger partial charge in [-0.3, -0.25) is 4.79 Å². The van der Waals surface area contributed by atoms with E-state index < -0.39 is 35.8 Å². The number of alkyl halides is 6. The second-order valence-corrected chi connectivity index (χ2v) is 4.76. The monoisotopic (exact) mass is 294 g/mol. The molecule has 0 fully saturated rings. The van der Waals surface area contributed by atoms with Gasteiger partial charge in [0.05, 0.1) is 0 Å². The number of hydrogen-bond acceptors (Lipinski definition) is 2. The van der Waals surface area contributed by atoms with Crippen molar-refractivity contribution < 1.29 is 35.9 Å². The van der Waals surface area contributed by atoms with Crippen molar-refractivity contribution in [2.24, 2.45) is 5.41 Å². The van der Waals surface area contributed by atoms with Crippen LogP contribution in [-0.4, -0.2) is 23.9 Å². The van der Waals surface area contributed by atoms with Gasteiger partial charge in [-0.15, -0.1) is 0 Å². The molecule has 0 aliphatic carbocycles. The van der Waals surface area contributed by atoms with Crippen molar-refractivity contribution in [1.82, 2.24) is 0 Å². The number of rotatable bonds is 4. The number of esters is 1. The summed E-state index contributed by atoms with van der Waals surface area (Å²) in [4.78, 5) is 11.5. The van der Waals surface area contributed by atoms with Gasteiger partial charge in [0.15, 0.2) is 0 Å². The first-order valence-corrected chi connectivity index (χ1v) is 5.62. The van der Waals surface area contributed by atoms with E-state index in [4.69, 9.17) is 0 Å². The Morgan fingerprint density at radius 2 is 1.26 bits per heavy atom. The van der Waals surface area contributed by atoms with Gasteiger partial charge < -0.3 is 4.74 Å². The van der Waals surface area contributed by atoms with Crippen LogP contribution in [0.25, 0.3) is 0 Å². The van der Waals surface area contributed by atoms with Gasteiger partial charge in [0.1, 0.15) is 5.60 Å². The largest absolute Gasteiger partial charge is 0.459 e. The van der Waals surface area contributed by atoms with Gasteiger partial charge in [0.25, 0.3) is 5.41 Å². The Hall–Kier alpha value is -0.950. The summed E-state index contributed by atoms with van der Waals surface area (Å²) < 4.78 is 81.1. The molecule has 0 amide bonds. The lowest BCUT2D eigenvalue weighted by molar-refractivity contribution is -0.335. The molecule has 0 saturated heterocycles. The second kappa shape index (κ2) is 5.20. The molecule has 0 unspecified atom stereocenters. The average molecular weight is 294 g/mol. The van der Waals surface area contributed by atoms with E-state index in [0.717, 1.165) is 0 Å². The quantitative estimate of drug-likeness (QED) is 0.572. The van der Waals surface area contributed by atoms with Gasteiger partial charge in [-0.1, -0.05) is 13.8 Å². The summed E-state index contributed by atoms with van der Waals surface area (Å²) in [6.45, 7) is 4.64. The molecule has 8 heteroatoms. The Kier molecular flexibility index (Phi) is 4.94. The molecule has 0 saturated carbocycles. The molecule has 0 rings (SSSR count). The van der Waals surface area contributed by atoms with E-state index in [-0.39, 0.29) is 6.42 Å². The highest BCUT2D eigenvalue weighted by Gasteiger charge is 2.75. The summed E-state index contributed by atoms with van der Waals surface area (Å²) in [5.74, 6) is -2.30. The third-order valence-corrected chi connectivity index (χ3v) is 3.07. The van der Waals surface area contributed by atoms with E-state index in [1.54, 1.807) is 0 Å². The summed E-state index contributed by atoms with van der Waals surface area (Å²) in [6, 6.07) is 0. The van der Waals surface area contributed by atoms with Crippen LogP contribution in [0.5, 0.6) is 0 Å². The molecule has 0 aromatic carbocycles. The maximum Gasteiger partial charge on any atom is 0.413 e. The Morgan fingerprint density at radius 3 is 1.47 bits per heavy atom. The molecule has 0 aromatic rings. The zero-order valence-electron chi connectivity index (χ0n) is 11.0. The van der Waals surface area contributed by atoms with Crippen molar-refractivity contribution in [1.29, 1.82) is 0 Å². The molecule has 0 aromatic heterocycles. The standard InChI is InChI=1S/C11H16F6O2/c1-5-8(3,4)19-7(18)9(6-2,10(12,13)14)11(15,16)17/h5-6H2,1-4H3. The first-order chi connectivity index (χ1) is 8.25. The van der Waals surface area contributed by atoms with E-state index in [9.17, 15) is 31.1 Å². The minimum Gasteiger partial charge on any atom is -0.459 e. The molecule has 2 nitrogen and oxygen atoms in total. The summed E-state index contributed by atoms with van der Waals surface area (Å²) in [5.41, 5.74) is -5.87. The predicted molar refractivity (Wildman–Crippen MR) is 55.3 cm³/mol. The SMILES string of the molecule is CCC(C)(C)OC(=O)C(CC)(C(F)(F)F)C(F)(F)F. The van der Waals surface area contributed by atoms with Crippen LogP contribution in [-0.2, 0) is 9.53 Å². The van der Waals surface area contributed by atoms with Crippen molar-refractivity contribution in [2.75, 3.05) is 0 Å². The molecule has 0 aliphatic rings. The predicted octanol–water partition coefficient (Wildman–Crippen LogP) is 4.24. The minimum atomic E-state index is -5.76. The van der Waals surface area contributed by atoms with Gasteiger partial charge in [-0.25, -0.2) is 0 Å². The summed E-state index contributed by atoms with van der Waals surface area (Å²) in [7, 11) is 0. The van der Waals surface area contributed by atoms with E-state index in [2.05, 4.69) is 4.74 Å². The molecule has 0 radical (unpaired) electrons. The molecule has 114 valence electrons. The minimum absolute atomic E-state index is 0.0915. The highest BCUT2D eigenvalue weighted by Crippen LogP contribution is 2.53. The fourth-order valence-corrected chi connectivity index (χ4v) is 1.35. The van der Waals surface area contributed by atoms with E-state index in [1.165, 1.54) is 20.8 Å². The van der Waals surface area contributed by atoms with Crippen molar-refractivity contribution in [3.63, 3.8) is 0 Å². The Morgan fingerprint density at radius 1 is 0.895 bits per heavy atom. The Labute approximate surface area is 107 Å². The van der Waals surface area contributed by atoms with Gasteiger partial charge in [0.2, 0.25) is 0 Å². The third-order valence-electron chi connectivity index (χ3n) is 3.07. The molecule has 0 N–H and O–H groups in total. The van der Waals surface area contributed by atoms with Crippen molar-refractivity contribution in [2.45, 2.75) is 58.5 Å². The lowest BCUT2D eigenvalue weighted by atomic mass is 9.83. The highest BCUT2D eigenvalue weighted by atomic mass is 19.4. The molecular weight excluding hydrogens is 278 g/mol. The summed E-state index contributed by atoms with van der Waals surface area (Å²) in [6.07, 6.45) is -12.9. The maximum absolute atomic E-state index is 12.8. The number of carbonyl (C=O) groups excluding carboxylic acids is 1. The van der Waals surface area contributed by atoms with Crippen LogP contribution in [0.2, 0.25) is 0 Å². The van der Waals surface area contributed by atoms with Gasteiger partial charge in [-0.05, 0) is 26.7 Å². The first kappa shape index (κ1) is 18.0. The van der Waals surface area contributed by atoms with E-state index >= 15 is 0 Å². The molecule has 19 heavy (non-hydrogen) atoms. The first-order valence-electron chi connectivity index (χ1n) is 5.62. The Balaban J connectivity index is 5.71. The zero-order valence-corrected chi connectivity index (χ0v) is 11.0. The van der Waals surface area contributed by atoms with Crippen LogP contribution in [0.15, 0.2) is 0 Å². The summed E-state index contributed by atoms with van der Waals surface area (Å²) >= 11 is 0. The van der Waals surface area contributed by atoms with Crippen LogP contribution in [0, 0.1) is 5.41 Å². The fourth-order valence-electron chi connectivity index (χ4n) is 1.35. The molecule has 0 bridgehead atoms. The van der Waals surface area contributed by atoms with Crippen LogP contribution in [0.1, 0.15) is 40.5 Å². The topological polar surface area (TPSA) is 26.3 Å². The van der Waals surface area contributed by atoms with Gasteiger partial charge in [-0.2, -0.15) is 26.3 Å². The zero-order chi connectivity index (χ0) is 15.7. The van der Waals surface area contributed by atoms with E-state index in [1.807, 2.05) is 0 Å². The van der Waals surface area contributed by atoms with Crippen LogP contribution in [0.3, 0.4) is 0 Å². The van der Waals surface area contributed by atoms with Gasteiger partial charge >= 0.3 is 18.3 Å². The molecule has 0 spiro atoms. The van der Waals surface area contributed by atoms with Crippen molar-refractivity contribution in [3.8, 4) is 0 Å². The number of carbonyl (C=O) groups is 1. The lowest BCUT2D eigenvalue weighted by Crippen LogP contribution is -2.57. The Bertz CT molecular complexity index is 315. The molecule has 0 heterocycles. The number of ether oxygens (including phenoxy) is 1. The summed E-state index contributed by atoms with van der Waals surface area (Å²) in [5, 5.41) is 0. The molecule has 0 atom stereocenters. The highest BCUT2D eigenvalue weighted by molar-refractivity contribution is 5.79. The lowest BCUT2D eigenvalue weighted by Gasteiger charge is -2.36. The van der Waals surface area contributed by atoms with Gasteiger partial charge in [0, 0.05) is 0 Å². The van der Waals surface area contributed by atoms with Crippen LogP contribution < -0.4 is 0 Å². The number of halogens is 6. The van der Waals surface area contributed by atoms with Crippen molar-refractivity contribution in [3.05, 3.63) is 0 Å².